The largest absolute Gasteiger partial charge is 0.409 e. The third-order valence-corrected chi connectivity index (χ3v) is 3.42. The van der Waals surface area contributed by atoms with Crippen molar-refractivity contribution in [2.45, 2.75) is 19.9 Å². The molecule has 0 spiro atoms. The lowest BCUT2D eigenvalue weighted by atomic mass is 10.1. The van der Waals surface area contributed by atoms with Crippen LogP contribution in [0.15, 0.2) is 11.2 Å². The van der Waals surface area contributed by atoms with E-state index in [0.29, 0.717) is 31.0 Å². The van der Waals surface area contributed by atoms with Crippen LogP contribution in [-0.2, 0) is 4.74 Å². The van der Waals surface area contributed by atoms with E-state index in [2.05, 4.69) is 10.1 Å². The number of oxime groups is 1. The first-order valence-corrected chi connectivity index (χ1v) is 6.49. The molecule has 0 aliphatic carbocycles. The van der Waals surface area contributed by atoms with E-state index in [0.717, 1.165) is 11.4 Å². The van der Waals surface area contributed by atoms with Crippen molar-refractivity contribution in [3.05, 3.63) is 23.0 Å². The van der Waals surface area contributed by atoms with Gasteiger partial charge in [-0.3, -0.25) is 4.98 Å². The molecule has 7 nitrogen and oxygen atoms in total. The molecule has 1 aromatic rings. The van der Waals surface area contributed by atoms with Gasteiger partial charge in [0.15, 0.2) is 5.84 Å². The van der Waals surface area contributed by atoms with Crippen molar-refractivity contribution in [2.75, 3.05) is 31.3 Å². The van der Waals surface area contributed by atoms with Gasteiger partial charge in [0, 0.05) is 12.2 Å². The molecule has 7 heteroatoms. The molecule has 0 bridgehead atoms. The minimum Gasteiger partial charge on any atom is -0.409 e. The molecule has 20 heavy (non-hydrogen) atoms. The van der Waals surface area contributed by atoms with Gasteiger partial charge in [-0.1, -0.05) is 5.16 Å². The van der Waals surface area contributed by atoms with Gasteiger partial charge in [0.2, 0.25) is 0 Å². The molecule has 1 fully saturated rings. The van der Waals surface area contributed by atoms with Gasteiger partial charge in [0.05, 0.1) is 42.8 Å². The standard InChI is InChI=1S/C13H20N4O3/c1-8-5-11(12(9(2)15-8)13(14)16-19)17-3-4-20-7-10(17)6-18/h5,10,18-19H,3-4,6-7H2,1-2H3,(H2,14,16). The molecule has 0 aromatic carbocycles. The Kier molecular flexibility index (Phi) is 4.41. The molecule has 1 saturated heterocycles. The van der Waals surface area contributed by atoms with Crippen LogP contribution in [0.5, 0.6) is 0 Å². The summed E-state index contributed by atoms with van der Waals surface area (Å²) in [6, 6.07) is 1.74. The summed E-state index contributed by atoms with van der Waals surface area (Å²) in [5.41, 5.74) is 8.72. The van der Waals surface area contributed by atoms with E-state index in [1.807, 2.05) is 24.8 Å². The smallest absolute Gasteiger partial charge is 0.174 e. The number of ether oxygens (including phenoxy) is 1. The Hall–Kier alpha value is -1.86. The highest BCUT2D eigenvalue weighted by Crippen LogP contribution is 2.27. The molecule has 0 radical (unpaired) electrons. The van der Waals surface area contributed by atoms with Crippen molar-refractivity contribution < 1.29 is 15.1 Å². The fraction of sp³-hybridized carbons (Fsp3) is 0.538. The van der Waals surface area contributed by atoms with Crippen LogP contribution < -0.4 is 10.6 Å². The van der Waals surface area contributed by atoms with E-state index in [-0.39, 0.29) is 18.5 Å². The van der Waals surface area contributed by atoms with Gasteiger partial charge in [-0.25, -0.2) is 0 Å². The van der Waals surface area contributed by atoms with Crippen LogP contribution >= 0.6 is 0 Å². The highest BCUT2D eigenvalue weighted by molar-refractivity contribution is 6.03. The number of rotatable bonds is 3. The molecule has 1 aliphatic rings. The third-order valence-electron chi connectivity index (χ3n) is 3.42. The predicted octanol–water partition coefficient (Wildman–Crippen LogP) is -0.00956. The van der Waals surface area contributed by atoms with E-state index in [4.69, 9.17) is 15.7 Å². The van der Waals surface area contributed by atoms with Crippen LogP contribution in [-0.4, -0.2) is 53.5 Å². The van der Waals surface area contributed by atoms with Crippen molar-refractivity contribution in [3.8, 4) is 0 Å². The minimum atomic E-state index is -0.143. The first kappa shape index (κ1) is 14.5. The predicted molar refractivity (Wildman–Crippen MR) is 75.3 cm³/mol. The van der Waals surface area contributed by atoms with Crippen LogP contribution in [0.2, 0.25) is 0 Å². The van der Waals surface area contributed by atoms with Crippen molar-refractivity contribution in [3.63, 3.8) is 0 Å². The van der Waals surface area contributed by atoms with Crippen LogP contribution in [0.4, 0.5) is 5.69 Å². The lowest BCUT2D eigenvalue weighted by molar-refractivity contribution is 0.0727. The first-order valence-electron chi connectivity index (χ1n) is 6.49. The molecule has 2 rings (SSSR count). The molecule has 1 unspecified atom stereocenters. The van der Waals surface area contributed by atoms with Crippen molar-refractivity contribution in [1.29, 1.82) is 0 Å². The summed E-state index contributed by atoms with van der Waals surface area (Å²) in [5.74, 6) is 0.0215. The molecule has 2 heterocycles. The van der Waals surface area contributed by atoms with Gasteiger partial charge in [0.25, 0.3) is 0 Å². The van der Waals surface area contributed by atoms with E-state index in [1.54, 1.807) is 0 Å². The van der Waals surface area contributed by atoms with Gasteiger partial charge >= 0.3 is 0 Å². The second kappa shape index (κ2) is 6.06. The summed E-state index contributed by atoms with van der Waals surface area (Å²) >= 11 is 0. The van der Waals surface area contributed by atoms with Gasteiger partial charge in [-0.05, 0) is 19.9 Å². The topological polar surface area (TPSA) is 104 Å². The second-order valence-electron chi connectivity index (χ2n) is 4.83. The number of hydrogen-bond donors (Lipinski definition) is 3. The average Bonchev–Trinajstić information content (AvgIpc) is 2.45. The highest BCUT2D eigenvalue weighted by atomic mass is 16.5. The minimum absolute atomic E-state index is 0.0178. The number of nitrogens with two attached hydrogens (primary N) is 1. The summed E-state index contributed by atoms with van der Waals surface area (Å²) in [5, 5.41) is 21.6. The average molecular weight is 280 g/mol. The summed E-state index contributed by atoms with van der Waals surface area (Å²) in [4.78, 5) is 6.38. The van der Waals surface area contributed by atoms with Crippen LogP contribution in [0.3, 0.4) is 0 Å². The van der Waals surface area contributed by atoms with Crippen molar-refractivity contribution >= 4 is 11.5 Å². The number of hydrogen-bond acceptors (Lipinski definition) is 6. The normalized spacial score (nSPS) is 20.2. The Morgan fingerprint density at radius 3 is 3.00 bits per heavy atom. The molecule has 4 N–H and O–H groups in total. The highest BCUT2D eigenvalue weighted by Gasteiger charge is 2.26. The number of morpholine rings is 1. The Labute approximate surface area is 117 Å². The van der Waals surface area contributed by atoms with E-state index in [9.17, 15) is 5.11 Å². The molecule has 1 aliphatic heterocycles. The zero-order valence-corrected chi connectivity index (χ0v) is 11.7. The zero-order chi connectivity index (χ0) is 14.7. The van der Waals surface area contributed by atoms with Crippen molar-refractivity contribution in [2.24, 2.45) is 10.9 Å². The van der Waals surface area contributed by atoms with Gasteiger partial charge in [-0.2, -0.15) is 0 Å². The van der Waals surface area contributed by atoms with E-state index >= 15 is 0 Å². The van der Waals surface area contributed by atoms with E-state index in [1.165, 1.54) is 0 Å². The summed E-state index contributed by atoms with van der Waals surface area (Å²) in [6.45, 7) is 5.36. The number of aryl methyl sites for hydroxylation is 2. The number of aromatic nitrogens is 1. The molecule has 0 amide bonds. The third kappa shape index (κ3) is 2.68. The maximum absolute atomic E-state index is 9.50. The Bertz CT molecular complexity index is 519. The first-order chi connectivity index (χ1) is 9.58. The SMILES string of the molecule is Cc1cc(N2CCOCC2CO)c(/C(N)=N/O)c(C)n1. The van der Waals surface area contributed by atoms with Crippen LogP contribution in [0.1, 0.15) is 17.0 Å². The number of aliphatic hydroxyl groups excluding tert-OH is 1. The number of amidine groups is 1. The van der Waals surface area contributed by atoms with Crippen LogP contribution in [0, 0.1) is 13.8 Å². The number of pyridine rings is 1. The van der Waals surface area contributed by atoms with Gasteiger partial charge in [0.1, 0.15) is 0 Å². The molecule has 0 saturated carbocycles. The monoisotopic (exact) mass is 280 g/mol. The fourth-order valence-electron chi connectivity index (χ4n) is 2.52. The molecular formula is C13H20N4O3. The number of aliphatic hydroxyl groups is 1. The Morgan fingerprint density at radius 2 is 2.35 bits per heavy atom. The molecule has 110 valence electrons. The van der Waals surface area contributed by atoms with Crippen LogP contribution in [0.25, 0.3) is 0 Å². The lowest BCUT2D eigenvalue weighted by Gasteiger charge is -2.37. The number of anilines is 1. The lowest BCUT2D eigenvalue weighted by Crippen LogP contribution is -2.48. The van der Waals surface area contributed by atoms with E-state index < -0.39 is 0 Å². The maximum atomic E-state index is 9.50. The zero-order valence-electron chi connectivity index (χ0n) is 11.7. The quantitative estimate of drug-likeness (QED) is 0.311. The van der Waals surface area contributed by atoms with Gasteiger partial charge in [-0.15, -0.1) is 0 Å². The van der Waals surface area contributed by atoms with Gasteiger partial charge < -0.3 is 25.7 Å². The van der Waals surface area contributed by atoms with Crippen molar-refractivity contribution in [1.82, 2.24) is 4.98 Å². The number of nitrogens with zero attached hydrogens (tertiary/aromatic N) is 3. The Balaban J connectivity index is 2.53. The summed E-state index contributed by atoms with van der Waals surface area (Å²) in [7, 11) is 0. The molecular weight excluding hydrogens is 260 g/mol. The maximum Gasteiger partial charge on any atom is 0.174 e. The second-order valence-corrected chi connectivity index (χ2v) is 4.83. The molecule has 1 aromatic heterocycles. The Morgan fingerprint density at radius 1 is 1.60 bits per heavy atom. The molecule has 1 atom stereocenters. The summed E-state index contributed by atoms with van der Waals surface area (Å²) < 4.78 is 5.38. The fourth-order valence-corrected chi connectivity index (χ4v) is 2.52. The summed E-state index contributed by atoms with van der Waals surface area (Å²) in [6.07, 6.45) is 0.